The average Bonchev–Trinajstić information content (AvgIpc) is 3.32. The molecule has 2 spiro atoms. The van der Waals surface area contributed by atoms with Gasteiger partial charge in [0, 0.05) is 28.5 Å². The summed E-state index contributed by atoms with van der Waals surface area (Å²) < 4.78 is 5.34. The number of amides is 2. The van der Waals surface area contributed by atoms with E-state index in [4.69, 9.17) is 16.3 Å². The molecule has 0 unspecified atom stereocenters. The maximum Gasteiger partial charge on any atom is 0.329 e. The number of hydrogen-bond acceptors (Lipinski definition) is 6. The van der Waals surface area contributed by atoms with Crippen LogP contribution in [0.2, 0.25) is 5.02 Å². The van der Waals surface area contributed by atoms with E-state index in [9.17, 15) is 19.6 Å². The summed E-state index contributed by atoms with van der Waals surface area (Å²) in [6.07, 6.45) is 0. The second kappa shape index (κ2) is 6.55. The maximum absolute atomic E-state index is 14.0. The van der Waals surface area contributed by atoms with Gasteiger partial charge < -0.3 is 15.4 Å². The zero-order chi connectivity index (χ0) is 22.9. The number of likely N-dealkylation sites (N-methyl/N-ethyl adjacent to an activating group) is 1. The van der Waals surface area contributed by atoms with E-state index in [-0.39, 0.29) is 13.2 Å². The first kappa shape index (κ1) is 20.5. The lowest BCUT2D eigenvalue weighted by Crippen LogP contribution is -2.65. The molecular formula is C23H19ClN4O4. The molecule has 32 heavy (non-hydrogen) atoms. The molecule has 0 aliphatic carbocycles. The van der Waals surface area contributed by atoms with Gasteiger partial charge in [0.15, 0.2) is 5.41 Å². The van der Waals surface area contributed by atoms with Crippen molar-refractivity contribution in [1.29, 1.82) is 5.26 Å². The first-order valence-corrected chi connectivity index (χ1v) is 10.5. The number of benzene rings is 2. The number of ether oxygens (including phenoxy) is 1. The van der Waals surface area contributed by atoms with Gasteiger partial charge >= 0.3 is 5.97 Å². The van der Waals surface area contributed by atoms with Crippen LogP contribution in [-0.4, -0.2) is 42.9 Å². The molecular weight excluding hydrogens is 432 g/mol. The first-order chi connectivity index (χ1) is 15.3. The maximum atomic E-state index is 14.0. The second-order valence-electron chi connectivity index (χ2n) is 8.20. The van der Waals surface area contributed by atoms with E-state index in [0.717, 1.165) is 0 Å². The Morgan fingerprint density at radius 3 is 2.56 bits per heavy atom. The molecule has 8 nitrogen and oxygen atoms in total. The highest BCUT2D eigenvalue weighted by atomic mass is 35.5. The summed E-state index contributed by atoms with van der Waals surface area (Å²) in [5.74, 6) is -1.97. The number of nitriles is 1. The molecule has 5 rings (SSSR count). The number of rotatable bonds is 2. The van der Waals surface area contributed by atoms with Gasteiger partial charge in [-0.05, 0) is 43.8 Å². The third-order valence-electron chi connectivity index (χ3n) is 6.91. The van der Waals surface area contributed by atoms with Crippen molar-refractivity contribution in [2.75, 3.05) is 30.8 Å². The van der Waals surface area contributed by atoms with Crippen LogP contribution < -0.4 is 10.6 Å². The third kappa shape index (κ3) is 1.99. The van der Waals surface area contributed by atoms with E-state index in [0.29, 0.717) is 27.5 Å². The van der Waals surface area contributed by atoms with E-state index in [1.165, 1.54) is 0 Å². The summed E-state index contributed by atoms with van der Waals surface area (Å²) in [6.45, 7) is 1.45. The number of fused-ring (bicyclic) bond motifs is 5. The summed E-state index contributed by atoms with van der Waals surface area (Å²) in [5, 5.41) is 16.5. The molecule has 2 aromatic carbocycles. The van der Waals surface area contributed by atoms with Crippen molar-refractivity contribution < 1.29 is 19.1 Å². The average molecular weight is 451 g/mol. The van der Waals surface area contributed by atoms with Gasteiger partial charge in [-0.2, -0.15) is 5.26 Å². The molecule has 2 N–H and O–H groups in total. The fourth-order valence-corrected chi connectivity index (χ4v) is 6.05. The fourth-order valence-electron chi connectivity index (χ4n) is 5.88. The zero-order valence-corrected chi connectivity index (χ0v) is 18.1. The predicted octanol–water partition coefficient (Wildman–Crippen LogP) is 2.40. The van der Waals surface area contributed by atoms with Gasteiger partial charge in [-0.15, -0.1) is 0 Å². The largest absolute Gasteiger partial charge is 0.465 e. The van der Waals surface area contributed by atoms with Crippen molar-refractivity contribution in [3.05, 3.63) is 58.6 Å². The molecule has 2 amide bonds. The Hall–Kier alpha value is -3.41. The van der Waals surface area contributed by atoms with E-state index in [1.54, 1.807) is 61.3 Å². The standard InChI is InChI=1S/C23H19ClN4O4/c1-3-32-20(31)21(11-25)12-28(2)23(14-6-4-5-7-16(14)27-19(23)30)22(21)15-10-13(24)8-9-17(15)26-18(22)29/h4-10H,3,12H2,1-2H3,(H,26,29)(H,27,30)/t21-,22-,23-/m1/s1. The highest BCUT2D eigenvalue weighted by Gasteiger charge is 2.84. The van der Waals surface area contributed by atoms with Gasteiger partial charge in [-0.25, -0.2) is 0 Å². The van der Waals surface area contributed by atoms with Gasteiger partial charge in [-0.3, -0.25) is 19.3 Å². The van der Waals surface area contributed by atoms with Crippen LogP contribution in [0.4, 0.5) is 11.4 Å². The summed E-state index contributed by atoms with van der Waals surface area (Å²) in [4.78, 5) is 42.9. The number of para-hydroxylation sites is 1. The number of hydrogen-bond donors (Lipinski definition) is 2. The molecule has 0 saturated carbocycles. The number of carbonyl (C=O) groups excluding carboxylic acids is 3. The van der Waals surface area contributed by atoms with Crippen LogP contribution in [-0.2, 0) is 30.1 Å². The van der Waals surface area contributed by atoms with Crippen molar-refractivity contribution in [2.45, 2.75) is 17.9 Å². The van der Waals surface area contributed by atoms with Gasteiger partial charge in [-0.1, -0.05) is 29.8 Å². The molecule has 3 aliphatic rings. The van der Waals surface area contributed by atoms with Crippen LogP contribution in [0.15, 0.2) is 42.5 Å². The van der Waals surface area contributed by atoms with Crippen molar-refractivity contribution in [3.8, 4) is 6.07 Å². The number of halogens is 1. The van der Waals surface area contributed by atoms with Crippen LogP contribution in [0, 0.1) is 16.7 Å². The molecule has 3 heterocycles. The Kier molecular flexibility index (Phi) is 4.19. The van der Waals surface area contributed by atoms with Crippen molar-refractivity contribution >= 4 is 40.8 Å². The van der Waals surface area contributed by atoms with E-state index in [1.807, 2.05) is 0 Å². The number of likely N-dealkylation sites (tertiary alicyclic amines) is 1. The molecule has 162 valence electrons. The van der Waals surface area contributed by atoms with Crippen molar-refractivity contribution in [1.82, 2.24) is 4.90 Å². The first-order valence-electron chi connectivity index (χ1n) is 10.1. The summed E-state index contributed by atoms with van der Waals surface area (Å²) in [6, 6.07) is 13.9. The van der Waals surface area contributed by atoms with Gasteiger partial charge in [0.25, 0.3) is 5.91 Å². The lowest BCUT2D eigenvalue weighted by molar-refractivity contribution is -0.158. The molecule has 0 bridgehead atoms. The fraction of sp³-hybridized carbons (Fsp3) is 0.304. The number of nitrogens with one attached hydrogen (secondary N) is 2. The third-order valence-corrected chi connectivity index (χ3v) is 7.15. The molecule has 9 heteroatoms. The van der Waals surface area contributed by atoms with Crippen molar-refractivity contribution in [2.24, 2.45) is 5.41 Å². The summed E-state index contributed by atoms with van der Waals surface area (Å²) >= 11 is 6.33. The highest BCUT2D eigenvalue weighted by Crippen LogP contribution is 2.68. The Morgan fingerprint density at radius 1 is 1.16 bits per heavy atom. The lowest BCUT2D eigenvalue weighted by Gasteiger charge is -2.44. The second-order valence-corrected chi connectivity index (χ2v) is 8.63. The molecule has 0 aromatic heterocycles. The van der Waals surface area contributed by atoms with Gasteiger partial charge in [0.1, 0.15) is 11.0 Å². The Bertz CT molecular complexity index is 1260. The quantitative estimate of drug-likeness (QED) is 0.679. The SMILES string of the molecule is CCOC(=O)[C@@]1(C#N)CN(C)[C@]2(C(=O)Nc3ccccc32)[C@]12C(=O)Nc1ccc(Cl)cc12. The van der Waals surface area contributed by atoms with E-state index >= 15 is 0 Å². The smallest absolute Gasteiger partial charge is 0.329 e. The zero-order valence-electron chi connectivity index (χ0n) is 17.4. The van der Waals surface area contributed by atoms with Crippen LogP contribution in [0.25, 0.3) is 0 Å². The van der Waals surface area contributed by atoms with Crippen LogP contribution >= 0.6 is 11.6 Å². The number of esters is 1. The summed E-state index contributed by atoms with van der Waals surface area (Å²) in [7, 11) is 1.64. The molecule has 1 fully saturated rings. The van der Waals surface area contributed by atoms with E-state index in [2.05, 4.69) is 16.7 Å². The van der Waals surface area contributed by atoms with Crippen LogP contribution in [0.3, 0.4) is 0 Å². The van der Waals surface area contributed by atoms with Gasteiger partial charge in [0.2, 0.25) is 5.91 Å². The number of anilines is 2. The highest BCUT2D eigenvalue weighted by molar-refractivity contribution is 6.31. The predicted molar refractivity (Wildman–Crippen MR) is 116 cm³/mol. The molecule has 3 aliphatic heterocycles. The molecule has 0 radical (unpaired) electrons. The minimum Gasteiger partial charge on any atom is -0.465 e. The Balaban J connectivity index is 1.98. The minimum absolute atomic E-state index is 0.0157. The van der Waals surface area contributed by atoms with Crippen LogP contribution in [0.1, 0.15) is 18.1 Å². The minimum atomic E-state index is -2.01. The summed E-state index contributed by atoms with van der Waals surface area (Å²) in [5.41, 5.74) is -3.87. The molecule has 2 aromatic rings. The Morgan fingerprint density at radius 2 is 1.84 bits per heavy atom. The Labute approximate surface area is 189 Å². The van der Waals surface area contributed by atoms with Gasteiger partial charge in [0.05, 0.1) is 12.7 Å². The topological polar surface area (TPSA) is 112 Å². The number of carbonyl (C=O) groups is 3. The number of nitrogens with zero attached hydrogens (tertiary/aromatic N) is 2. The van der Waals surface area contributed by atoms with Crippen LogP contribution in [0.5, 0.6) is 0 Å². The van der Waals surface area contributed by atoms with Crippen molar-refractivity contribution in [3.63, 3.8) is 0 Å². The van der Waals surface area contributed by atoms with E-state index < -0.39 is 34.2 Å². The molecule has 1 saturated heterocycles. The molecule has 3 atom stereocenters. The lowest BCUT2D eigenvalue weighted by atomic mass is 9.53. The monoisotopic (exact) mass is 450 g/mol. The normalized spacial score (nSPS) is 30.1.